The van der Waals surface area contributed by atoms with Crippen LogP contribution in [0.5, 0.6) is 0 Å². The fourth-order valence-electron chi connectivity index (χ4n) is 9.34. The molecule has 21 heteroatoms. The lowest BCUT2D eigenvalue weighted by Gasteiger charge is -2.24. The molecule has 464 valence electrons. The van der Waals surface area contributed by atoms with E-state index in [1.807, 2.05) is 21.1 Å². The molecule has 0 saturated carbocycles. The van der Waals surface area contributed by atoms with Crippen molar-refractivity contribution in [3.63, 3.8) is 0 Å². The summed E-state index contributed by atoms with van der Waals surface area (Å²) in [7, 11) is 6.12. The predicted molar refractivity (Wildman–Crippen MR) is 336 cm³/mol. The quantitative estimate of drug-likeness (QED) is 0.0278. The molecule has 0 bridgehead atoms. The molecule has 0 aliphatic rings. The lowest BCUT2D eigenvalue weighted by Crippen LogP contribution is -2.42. The van der Waals surface area contributed by atoms with Crippen LogP contribution in [0.4, 0.5) is 0 Å². The molecule has 21 nitrogen and oxygen atoms in total. The lowest BCUT2D eigenvalue weighted by molar-refractivity contribution is 0.257. The van der Waals surface area contributed by atoms with E-state index in [1.165, 1.54) is 103 Å². The van der Waals surface area contributed by atoms with Gasteiger partial charge in [-0.1, -0.05) is 25.7 Å². The van der Waals surface area contributed by atoms with Crippen LogP contribution in [0.2, 0.25) is 0 Å². The molecule has 0 atom stereocenters. The Morgan fingerprint density at radius 1 is 0.182 bits per heavy atom. The molecule has 0 rings (SSSR count). The summed E-state index contributed by atoms with van der Waals surface area (Å²) >= 11 is 0. The predicted octanol–water partition coefficient (Wildman–Crippen LogP) is -2.63. The second-order valence-electron chi connectivity index (χ2n) is 21.0. The summed E-state index contributed by atoms with van der Waals surface area (Å²) in [4.78, 5) is 13.1. The van der Waals surface area contributed by atoms with Gasteiger partial charge in [0, 0.05) is 196 Å². The first kappa shape index (κ1) is 76.2. The normalized spacial score (nSPS) is 12.2. The Morgan fingerprint density at radius 3 is 0.727 bits per heavy atom. The van der Waals surface area contributed by atoms with Gasteiger partial charge in [0.1, 0.15) is 0 Å². The minimum Gasteiger partial charge on any atom is -0.330 e. The van der Waals surface area contributed by atoms with Crippen molar-refractivity contribution >= 4 is 0 Å². The zero-order valence-corrected chi connectivity index (χ0v) is 51.0. The number of likely N-dealkylation sites (N-methyl/N-ethyl adjacent to an activating group) is 1. The molecule has 0 unspecified atom stereocenters. The molecule has 0 amide bonds. The van der Waals surface area contributed by atoms with E-state index in [4.69, 9.17) is 22.9 Å². The van der Waals surface area contributed by atoms with E-state index in [2.05, 4.69) is 88.3 Å². The molecule has 0 aliphatic heterocycles. The van der Waals surface area contributed by atoms with Crippen molar-refractivity contribution < 1.29 is 0 Å². The van der Waals surface area contributed by atoms with Crippen molar-refractivity contribution in [3.05, 3.63) is 0 Å². The third-order valence-corrected chi connectivity index (χ3v) is 14.2. The Labute approximate surface area is 476 Å². The number of hydrogen-bond donors (Lipinski definition) is 16. The average molecular weight is 1100 g/mol. The topological polar surface area (TPSA) is 265 Å². The van der Waals surface area contributed by atoms with Crippen LogP contribution in [-0.2, 0) is 0 Å². The molecule has 0 radical (unpaired) electrons. The molecule has 0 saturated heterocycles. The summed E-state index contributed by atoms with van der Waals surface area (Å²) in [5, 5.41) is 42.6. The second kappa shape index (κ2) is 66.0. The molecule has 0 heterocycles. The summed E-state index contributed by atoms with van der Waals surface area (Å²) in [5.74, 6) is 0. The highest BCUT2D eigenvalue weighted by atomic mass is 15.2. The van der Waals surface area contributed by atoms with Crippen molar-refractivity contribution in [2.75, 3.05) is 283 Å². The molecule has 77 heavy (non-hydrogen) atoms. The van der Waals surface area contributed by atoms with Gasteiger partial charge < -0.3 is 101 Å². The first-order valence-corrected chi connectivity index (χ1v) is 31.8. The molecule has 0 fully saturated rings. The van der Waals surface area contributed by atoms with Crippen LogP contribution in [0, 0.1) is 0 Å². The van der Waals surface area contributed by atoms with Crippen LogP contribution in [0.15, 0.2) is 0 Å². The molecule has 0 aromatic rings. The van der Waals surface area contributed by atoms with E-state index in [9.17, 15) is 0 Å². The van der Waals surface area contributed by atoms with E-state index in [0.29, 0.717) is 19.6 Å². The van der Waals surface area contributed by atoms with Gasteiger partial charge in [-0.25, -0.2) is 0 Å². The van der Waals surface area contributed by atoms with Crippen molar-refractivity contribution in [2.24, 2.45) is 22.9 Å². The van der Waals surface area contributed by atoms with E-state index in [1.54, 1.807) is 0 Å². The van der Waals surface area contributed by atoms with Crippen LogP contribution in [0.25, 0.3) is 0 Å². The largest absolute Gasteiger partial charge is 0.330 e. The van der Waals surface area contributed by atoms with Crippen molar-refractivity contribution in [1.29, 1.82) is 0 Å². The van der Waals surface area contributed by atoms with Crippen LogP contribution in [0.1, 0.15) is 83.5 Å². The standard InChI is InChI=1S/C56H135N21/c1-61-21-9-5-13-45-75(50-35-66-25-18-58)51-40-71-30-28-69-38-48-73(43-14-6-10-23-64-33-52-76(47-32-63-3)54-36-67-26-19-59)44-15-7-11-24-65-34-53-77(55-37-68-27-20-60)56-41-72-31-29-70-39-49-74(46-16-22-62-2)42-12-4-8-17-57/h61-72H,4-60H2,1-3H3. The van der Waals surface area contributed by atoms with Crippen molar-refractivity contribution in [2.45, 2.75) is 83.5 Å². The smallest absolute Gasteiger partial charge is 0.0108 e. The second-order valence-corrected chi connectivity index (χ2v) is 21.0. The Balaban J connectivity index is 4.79. The monoisotopic (exact) mass is 1100 g/mol. The van der Waals surface area contributed by atoms with Crippen LogP contribution < -0.4 is 86.7 Å². The van der Waals surface area contributed by atoms with Crippen LogP contribution in [0.3, 0.4) is 0 Å². The number of nitrogens with two attached hydrogens (primary N) is 4. The van der Waals surface area contributed by atoms with E-state index < -0.39 is 0 Å². The van der Waals surface area contributed by atoms with Crippen molar-refractivity contribution in [3.8, 4) is 0 Å². The number of nitrogens with one attached hydrogen (secondary N) is 12. The molecule has 0 spiro atoms. The summed E-state index contributed by atoms with van der Waals surface area (Å²) < 4.78 is 0. The maximum atomic E-state index is 5.77. The average Bonchev–Trinajstić information content (AvgIpc) is 3.44. The van der Waals surface area contributed by atoms with Crippen LogP contribution >= 0.6 is 0 Å². The molecule has 0 aromatic carbocycles. The number of unbranched alkanes of at least 4 members (excludes halogenated alkanes) is 8. The number of hydrogen-bond acceptors (Lipinski definition) is 21. The SMILES string of the molecule is CNCCCCCN(CCNCCN)CCNCCNCCN(CCCCCNCCN(CCNC)CCNCCN)CCCCCNCCN(CCNCCN)CCNCCNCCN(CCCCCN)CCCNC. The Kier molecular flexibility index (Phi) is 65.2. The van der Waals surface area contributed by atoms with Gasteiger partial charge in [-0.2, -0.15) is 0 Å². The van der Waals surface area contributed by atoms with Gasteiger partial charge in [-0.3, -0.25) is 9.80 Å². The summed E-state index contributed by atoms with van der Waals surface area (Å²) in [5.41, 5.74) is 22.9. The highest BCUT2D eigenvalue weighted by Crippen LogP contribution is 2.04. The third-order valence-electron chi connectivity index (χ3n) is 14.2. The Morgan fingerprint density at radius 2 is 0.416 bits per heavy atom. The first-order valence-electron chi connectivity index (χ1n) is 31.8. The fraction of sp³-hybridized carbons (Fsp3) is 1.00. The van der Waals surface area contributed by atoms with E-state index in [0.717, 1.165) is 222 Å². The van der Waals surface area contributed by atoms with Gasteiger partial charge in [0.25, 0.3) is 0 Å². The minimum absolute atomic E-state index is 0.683. The van der Waals surface area contributed by atoms with Gasteiger partial charge in [-0.05, 0) is 144 Å². The Hall–Kier alpha value is -0.840. The lowest BCUT2D eigenvalue weighted by atomic mass is 10.2. The summed E-state index contributed by atoms with van der Waals surface area (Å²) in [6, 6.07) is 0. The van der Waals surface area contributed by atoms with E-state index in [-0.39, 0.29) is 0 Å². The zero-order chi connectivity index (χ0) is 55.8. The van der Waals surface area contributed by atoms with Gasteiger partial charge in [0.2, 0.25) is 0 Å². The summed E-state index contributed by atoms with van der Waals surface area (Å²) in [6.45, 7) is 40.7. The maximum Gasteiger partial charge on any atom is 0.0108 e. The molecule has 0 aromatic heterocycles. The molecule has 0 aliphatic carbocycles. The summed E-state index contributed by atoms with van der Waals surface area (Å²) in [6.07, 6.45) is 16.1. The minimum atomic E-state index is 0.683. The number of nitrogens with zero attached hydrogens (tertiary/aromatic N) is 5. The van der Waals surface area contributed by atoms with Crippen molar-refractivity contribution in [1.82, 2.24) is 88.3 Å². The molecular formula is C56H135N21. The van der Waals surface area contributed by atoms with E-state index >= 15 is 0 Å². The fourth-order valence-corrected chi connectivity index (χ4v) is 9.34. The zero-order valence-electron chi connectivity index (χ0n) is 51.0. The van der Waals surface area contributed by atoms with Gasteiger partial charge in [0.05, 0.1) is 0 Å². The van der Waals surface area contributed by atoms with Gasteiger partial charge >= 0.3 is 0 Å². The van der Waals surface area contributed by atoms with Gasteiger partial charge in [-0.15, -0.1) is 0 Å². The molecular weight excluding hydrogens is 967 g/mol. The highest BCUT2D eigenvalue weighted by molar-refractivity contribution is 4.70. The number of rotatable bonds is 69. The van der Waals surface area contributed by atoms with Crippen LogP contribution in [-0.4, -0.2) is 307 Å². The third kappa shape index (κ3) is 58.2. The first-order chi connectivity index (χ1) is 38.1. The van der Waals surface area contributed by atoms with Gasteiger partial charge in [0.15, 0.2) is 0 Å². The highest BCUT2D eigenvalue weighted by Gasteiger charge is 2.10. The molecule has 20 N–H and O–H groups in total. The Bertz CT molecular complexity index is 1080. The maximum absolute atomic E-state index is 5.77.